The second-order valence-electron chi connectivity index (χ2n) is 5.46. The Morgan fingerprint density at radius 1 is 1.45 bits per heavy atom. The zero-order valence-electron chi connectivity index (χ0n) is 12.6. The molecular weight excluding hydrogens is 296 g/mol. The van der Waals surface area contributed by atoms with Crippen LogP contribution < -0.4 is 10.6 Å². The Kier molecular flexibility index (Phi) is 4.68. The Balaban J connectivity index is 1.65. The predicted octanol–water partition coefficient (Wildman–Crippen LogP) is 3.10. The zero-order chi connectivity index (χ0) is 15.4. The Bertz CT molecular complexity index is 649. The molecule has 2 aromatic rings. The lowest BCUT2D eigenvalue weighted by Gasteiger charge is -2.22. The van der Waals surface area contributed by atoms with Crippen LogP contribution in [0.4, 0.5) is 10.5 Å². The molecule has 2 heterocycles. The number of thioether (sulfide) groups is 1. The molecule has 1 saturated heterocycles. The van der Waals surface area contributed by atoms with E-state index in [9.17, 15) is 4.79 Å². The van der Waals surface area contributed by atoms with Gasteiger partial charge in [0.25, 0.3) is 0 Å². The Hall–Kier alpha value is -1.95. The molecule has 1 aliphatic rings. The van der Waals surface area contributed by atoms with E-state index in [2.05, 4.69) is 15.6 Å². The minimum atomic E-state index is -0.135. The molecule has 6 heteroatoms. The van der Waals surface area contributed by atoms with Gasteiger partial charge in [-0.15, -0.1) is 0 Å². The molecule has 0 saturated carbocycles. The number of aromatic nitrogens is 2. The smallest absolute Gasteiger partial charge is 0.319 e. The van der Waals surface area contributed by atoms with Crippen molar-refractivity contribution in [2.75, 3.05) is 16.8 Å². The van der Waals surface area contributed by atoms with Crippen LogP contribution in [0.3, 0.4) is 0 Å². The first kappa shape index (κ1) is 15.0. The van der Waals surface area contributed by atoms with Gasteiger partial charge in [-0.25, -0.2) is 9.78 Å². The van der Waals surface area contributed by atoms with Crippen LogP contribution in [0.2, 0.25) is 0 Å². The third-order valence-electron chi connectivity index (χ3n) is 3.70. The van der Waals surface area contributed by atoms with E-state index in [1.807, 2.05) is 53.8 Å². The van der Waals surface area contributed by atoms with Gasteiger partial charge in [0.1, 0.15) is 5.82 Å². The van der Waals surface area contributed by atoms with Gasteiger partial charge in [-0.3, -0.25) is 0 Å². The molecule has 0 radical (unpaired) electrons. The predicted molar refractivity (Wildman–Crippen MR) is 91.1 cm³/mol. The molecule has 0 bridgehead atoms. The molecule has 0 aliphatic carbocycles. The fraction of sp³-hybridized carbons (Fsp3) is 0.375. The van der Waals surface area contributed by atoms with Crippen LogP contribution in [0.5, 0.6) is 0 Å². The largest absolute Gasteiger partial charge is 0.334 e. The number of aryl methyl sites for hydroxylation is 1. The van der Waals surface area contributed by atoms with Gasteiger partial charge in [0.2, 0.25) is 0 Å². The summed E-state index contributed by atoms with van der Waals surface area (Å²) >= 11 is 1.90. The molecule has 3 rings (SSSR count). The van der Waals surface area contributed by atoms with Crippen molar-refractivity contribution in [3.05, 3.63) is 36.7 Å². The summed E-state index contributed by atoms with van der Waals surface area (Å²) in [7, 11) is 1.95. The molecule has 1 aromatic carbocycles. The molecule has 22 heavy (non-hydrogen) atoms. The van der Waals surface area contributed by atoms with E-state index in [0.29, 0.717) is 0 Å². The Morgan fingerprint density at radius 2 is 2.36 bits per heavy atom. The van der Waals surface area contributed by atoms with Crippen LogP contribution in [-0.4, -0.2) is 33.1 Å². The highest BCUT2D eigenvalue weighted by atomic mass is 32.2. The maximum Gasteiger partial charge on any atom is 0.319 e. The minimum absolute atomic E-state index is 0.135. The molecule has 0 spiro atoms. The van der Waals surface area contributed by atoms with Gasteiger partial charge in [-0.1, -0.05) is 12.1 Å². The summed E-state index contributed by atoms with van der Waals surface area (Å²) in [5.41, 5.74) is 1.76. The topological polar surface area (TPSA) is 59.0 Å². The quantitative estimate of drug-likeness (QED) is 0.915. The summed E-state index contributed by atoms with van der Waals surface area (Å²) in [6.45, 7) is 0. The number of nitrogens with zero attached hydrogens (tertiary/aromatic N) is 2. The summed E-state index contributed by atoms with van der Waals surface area (Å²) in [6.07, 6.45) is 5.91. The lowest BCUT2D eigenvalue weighted by atomic mass is 10.2. The number of urea groups is 1. The summed E-state index contributed by atoms with van der Waals surface area (Å²) < 4.78 is 1.96. The number of hydrogen-bond acceptors (Lipinski definition) is 3. The highest BCUT2D eigenvalue weighted by Gasteiger charge is 2.16. The lowest BCUT2D eigenvalue weighted by molar-refractivity contribution is 0.248. The molecule has 2 amide bonds. The molecule has 2 N–H and O–H groups in total. The van der Waals surface area contributed by atoms with Crippen molar-refractivity contribution in [1.29, 1.82) is 0 Å². The monoisotopic (exact) mass is 316 g/mol. The average Bonchev–Trinajstić information content (AvgIpc) is 2.94. The van der Waals surface area contributed by atoms with Crippen molar-refractivity contribution < 1.29 is 4.79 Å². The number of anilines is 1. The van der Waals surface area contributed by atoms with Crippen molar-refractivity contribution >= 4 is 23.5 Å². The number of nitrogens with one attached hydrogen (secondary N) is 2. The minimum Gasteiger partial charge on any atom is -0.334 e. The molecule has 1 aliphatic heterocycles. The summed E-state index contributed by atoms with van der Waals surface area (Å²) in [4.78, 5) is 16.4. The number of carbonyl (C=O) groups is 1. The van der Waals surface area contributed by atoms with Crippen molar-refractivity contribution in [3.63, 3.8) is 0 Å². The summed E-state index contributed by atoms with van der Waals surface area (Å²) in [5, 5.41) is 5.96. The Morgan fingerprint density at radius 3 is 3.09 bits per heavy atom. The highest BCUT2D eigenvalue weighted by Crippen LogP contribution is 2.21. The van der Waals surface area contributed by atoms with Crippen molar-refractivity contribution in [2.45, 2.75) is 18.9 Å². The van der Waals surface area contributed by atoms with E-state index >= 15 is 0 Å². The normalized spacial score (nSPS) is 18.0. The van der Waals surface area contributed by atoms with Crippen LogP contribution in [0.25, 0.3) is 11.4 Å². The van der Waals surface area contributed by atoms with Crippen molar-refractivity contribution in [1.82, 2.24) is 14.9 Å². The van der Waals surface area contributed by atoms with E-state index in [-0.39, 0.29) is 12.1 Å². The fourth-order valence-corrected chi connectivity index (χ4v) is 3.66. The number of carbonyl (C=O) groups excluding carboxylic acids is 1. The van der Waals surface area contributed by atoms with Crippen LogP contribution in [0.1, 0.15) is 12.8 Å². The van der Waals surface area contributed by atoms with Crippen LogP contribution in [0.15, 0.2) is 36.7 Å². The summed E-state index contributed by atoms with van der Waals surface area (Å²) in [6, 6.07) is 7.89. The fourth-order valence-electron chi connectivity index (χ4n) is 2.59. The first-order valence-electron chi connectivity index (χ1n) is 7.45. The molecule has 1 aromatic heterocycles. The van der Waals surface area contributed by atoms with Gasteiger partial charge in [0.05, 0.1) is 0 Å². The van der Waals surface area contributed by atoms with Gasteiger partial charge in [0.15, 0.2) is 0 Å². The van der Waals surface area contributed by atoms with Gasteiger partial charge < -0.3 is 15.2 Å². The second kappa shape index (κ2) is 6.87. The number of amides is 2. The SMILES string of the molecule is Cn1ccnc1-c1cccc(NC(=O)N[C@H]2CCCSC2)c1. The third-order valence-corrected chi connectivity index (χ3v) is 4.91. The maximum absolute atomic E-state index is 12.1. The average molecular weight is 316 g/mol. The molecular formula is C16H20N4OS. The number of rotatable bonds is 3. The van der Waals surface area contributed by atoms with E-state index in [0.717, 1.165) is 29.2 Å². The molecule has 1 fully saturated rings. The van der Waals surface area contributed by atoms with Crippen LogP contribution in [-0.2, 0) is 7.05 Å². The Labute approximate surface area is 134 Å². The zero-order valence-corrected chi connectivity index (χ0v) is 13.4. The molecule has 1 atom stereocenters. The van der Waals surface area contributed by atoms with Crippen LogP contribution >= 0.6 is 11.8 Å². The van der Waals surface area contributed by atoms with E-state index in [4.69, 9.17) is 0 Å². The maximum atomic E-state index is 12.1. The van der Waals surface area contributed by atoms with Gasteiger partial charge in [0, 0.05) is 42.5 Å². The highest BCUT2D eigenvalue weighted by molar-refractivity contribution is 7.99. The van der Waals surface area contributed by atoms with E-state index in [1.165, 1.54) is 12.2 Å². The number of benzene rings is 1. The van der Waals surface area contributed by atoms with Gasteiger partial charge in [-0.05, 0) is 30.7 Å². The van der Waals surface area contributed by atoms with Crippen LogP contribution in [0, 0.1) is 0 Å². The van der Waals surface area contributed by atoms with Crippen molar-refractivity contribution in [2.24, 2.45) is 7.05 Å². The first-order chi connectivity index (χ1) is 10.7. The van der Waals surface area contributed by atoms with Crippen molar-refractivity contribution in [3.8, 4) is 11.4 Å². The summed E-state index contributed by atoms with van der Waals surface area (Å²) in [5.74, 6) is 3.08. The number of hydrogen-bond donors (Lipinski definition) is 2. The van der Waals surface area contributed by atoms with E-state index < -0.39 is 0 Å². The molecule has 116 valence electrons. The lowest BCUT2D eigenvalue weighted by Crippen LogP contribution is -2.40. The second-order valence-corrected chi connectivity index (χ2v) is 6.60. The van der Waals surface area contributed by atoms with E-state index in [1.54, 1.807) is 6.20 Å². The standard InChI is InChI=1S/C16H20N4OS/c1-20-8-7-17-15(20)12-4-2-5-13(10-12)18-16(21)19-14-6-3-9-22-11-14/h2,4-5,7-8,10,14H,3,6,9,11H2,1H3,(H2,18,19,21)/t14-/m0/s1. The first-order valence-corrected chi connectivity index (χ1v) is 8.61. The molecule has 5 nitrogen and oxygen atoms in total. The van der Waals surface area contributed by atoms with Gasteiger partial charge >= 0.3 is 6.03 Å². The number of imidazole rings is 1. The molecule has 0 unspecified atom stereocenters. The third kappa shape index (κ3) is 3.62. The van der Waals surface area contributed by atoms with Gasteiger partial charge in [-0.2, -0.15) is 11.8 Å².